The largest absolute Gasteiger partial charge is 0.399 e. The van der Waals surface area contributed by atoms with Crippen molar-refractivity contribution >= 4 is 21.6 Å². The molecule has 0 aromatic heterocycles. The lowest BCUT2D eigenvalue weighted by Crippen LogP contribution is -2.07. The normalized spacial score (nSPS) is 17.1. The highest BCUT2D eigenvalue weighted by Crippen LogP contribution is 2.25. The van der Waals surface area contributed by atoms with Gasteiger partial charge in [0.05, 0.1) is 12.7 Å². The molecule has 1 aliphatic carbocycles. The lowest BCUT2D eigenvalue weighted by Gasteiger charge is -2.12. The van der Waals surface area contributed by atoms with Crippen LogP contribution >= 0.6 is 15.9 Å². The second-order valence-corrected chi connectivity index (χ2v) is 4.92. The van der Waals surface area contributed by atoms with Gasteiger partial charge in [0, 0.05) is 10.2 Å². The third kappa shape index (κ3) is 2.95. The number of halogens is 1. The maximum absolute atomic E-state index is 5.84. The number of ether oxygens (including phenoxy) is 1. The zero-order valence-corrected chi connectivity index (χ0v) is 10.3. The van der Waals surface area contributed by atoms with E-state index < -0.39 is 0 Å². The fourth-order valence-corrected chi connectivity index (χ4v) is 2.33. The molecule has 15 heavy (non-hydrogen) atoms. The Hall–Kier alpha value is -0.540. The number of nitrogens with two attached hydrogens (primary N) is 1. The van der Waals surface area contributed by atoms with Gasteiger partial charge in [0.15, 0.2) is 0 Å². The number of hydrogen-bond acceptors (Lipinski definition) is 2. The molecular formula is C12H16BrNO. The van der Waals surface area contributed by atoms with Crippen LogP contribution in [0.3, 0.4) is 0 Å². The lowest BCUT2D eigenvalue weighted by molar-refractivity contribution is 0.0454. The van der Waals surface area contributed by atoms with Crippen LogP contribution < -0.4 is 5.73 Å². The third-order valence-electron chi connectivity index (χ3n) is 2.85. The van der Waals surface area contributed by atoms with Gasteiger partial charge >= 0.3 is 0 Å². The summed E-state index contributed by atoms with van der Waals surface area (Å²) in [5, 5.41) is 0. The molecule has 82 valence electrons. The van der Waals surface area contributed by atoms with Crippen molar-refractivity contribution in [3.05, 3.63) is 28.2 Å². The molecule has 2 nitrogen and oxygen atoms in total. The van der Waals surface area contributed by atoms with Crippen LogP contribution in [0.4, 0.5) is 5.69 Å². The van der Waals surface area contributed by atoms with Crippen LogP contribution in [-0.2, 0) is 11.3 Å². The van der Waals surface area contributed by atoms with Gasteiger partial charge in [-0.15, -0.1) is 0 Å². The van der Waals surface area contributed by atoms with Crippen LogP contribution in [0.25, 0.3) is 0 Å². The molecule has 0 unspecified atom stereocenters. The monoisotopic (exact) mass is 269 g/mol. The Morgan fingerprint density at radius 3 is 2.80 bits per heavy atom. The SMILES string of the molecule is Nc1ccc(Br)c(COC2CCCC2)c1. The second-order valence-electron chi connectivity index (χ2n) is 4.07. The van der Waals surface area contributed by atoms with Crippen molar-refractivity contribution in [1.82, 2.24) is 0 Å². The van der Waals surface area contributed by atoms with E-state index in [2.05, 4.69) is 15.9 Å². The Kier molecular flexibility index (Phi) is 3.65. The van der Waals surface area contributed by atoms with Gasteiger partial charge in [-0.25, -0.2) is 0 Å². The molecule has 1 fully saturated rings. The first-order chi connectivity index (χ1) is 7.25. The molecule has 1 aromatic rings. The average Bonchev–Trinajstić information content (AvgIpc) is 2.72. The van der Waals surface area contributed by atoms with Gasteiger partial charge in [-0.05, 0) is 36.6 Å². The van der Waals surface area contributed by atoms with E-state index in [1.165, 1.54) is 25.7 Å². The van der Waals surface area contributed by atoms with E-state index in [0.29, 0.717) is 12.7 Å². The Morgan fingerprint density at radius 2 is 2.07 bits per heavy atom. The van der Waals surface area contributed by atoms with Crippen LogP contribution in [0.2, 0.25) is 0 Å². The van der Waals surface area contributed by atoms with E-state index in [1.807, 2.05) is 18.2 Å². The summed E-state index contributed by atoms with van der Waals surface area (Å²) in [6, 6.07) is 5.84. The minimum absolute atomic E-state index is 0.457. The molecule has 0 bridgehead atoms. The van der Waals surface area contributed by atoms with Crippen LogP contribution in [0.1, 0.15) is 31.2 Å². The molecule has 0 atom stereocenters. The number of hydrogen-bond donors (Lipinski definition) is 1. The first-order valence-corrected chi connectivity index (χ1v) is 6.20. The zero-order valence-electron chi connectivity index (χ0n) is 8.71. The lowest BCUT2D eigenvalue weighted by atomic mass is 10.2. The molecule has 0 radical (unpaired) electrons. The van der Waals surface area contributed by atoms with E-state index in [0.717, 1.165) is 15.7 Å². The summed E-state index contributed by atoms with van der Waals surface area (Å²) in [4.78, 5) is 0. The van der Waals surface area contributed by atoms with Crippen molar-refractivity contribution in [3.63, 3.8) is 0 Å². The fraction of sp³-hybridized carbons (Fsp3) is 0.500. The van der Waals surface area contributed by atoms with Gasteiger partial charge in [-0.3, -0.25) is 0 Å². The fourth-order valence-electron chi connectivity index (χ4n) is 1.97. The quantitative estimate of drug-likeness (QED) is 0.853. The average molecular weight is 270 g/mol. The second kappa shape index (κ2) is 4.99. The molecule has 0 spiro atoms. The van der Waals surface area contributed by atoms with Crippen molar-refractivity contribution in [2.45, 2.75) is 38.4 Å². The van der Waals surface area contributed by atoms with Gasteiger partial charge in [0.1, 0.15) is 0 Å². The van der Waals surface area contributed by atoms with Crippen molar-refractivity contribution in [2.75, 3.05) is 5.73 Å². The Bertz CT molecular complexity index is 334. The predicted molar refractivity (Wildman–Crippen MR) is 65.6 cm³/mol. The van der Waals surface area contributed by atoms with Gasteiger partial charge in [0.25, 0.3) is 0 Å². The summed E-state index contributed by atoms with van der Waals surface area (Å²) in [6.45, 7) is 0.663. The molecule has 3 heteroatoms. The summed E-state index contributed by atoms with van der Waals surface area (Å²) in [6.07, 6.45) is 5.49. The topological polar surface area (TPSA) is 35.2 Å². The van der Waals surface area contributed by atoms with Crippen LogP contribution in [0.5, 0.6) is 0 Å². The molecule has 1 saturated carbocycles. The number of anilines is 1. The zero-order chi connectivity index (χ0) is 10.7. The highest BCUT2D eigenvalue weighted by molar-refractivity contribution is 9.10. The molecule has 1 aromatic carbocycles. The smallest absolute Gasteiger partial charge is 0.0732 e. The molecule has 0 saturated heterocycles. The van der Waals surface area contributed by atoms with Crippen molar-refractivity contribution in [1.29, 1.82) is 0 Å². The van der Waals surface area contributed by atoms with Gasteiger partial charge in [-0.2, -0.15) is 0 Å². The number of nitrogen functional groups attached to an aromatic ring is 1. The minimum atomic E-state index is 0.457. The van der Waals surface area contributed by atoms with E-state index in [9.17, 15) is 0 Å². The maximum atomic E-state index is 5.84. The Morgan fingerprint density at radius 1 is 1.33 bits per heavy atom. The van der Waals surface area contributed by atoms with Crippen LogP contribution in [0, 0.1) is 0 Å². The maximum Gasteiger partial charge on any atom is 0.0732 e. The molecule has 1 aliphatic rings. The summed E-state index contributed by atoms with van der Waals surface area (Å²) in [7, 11) is 0. The van der Waals surface area contributed by atoms with E-state index >= 15 is 0 Å². The van der Waals surface area contributed by atoms with Crippen molar-refractivity contribution in [3.8, 4) is 0 Å². The summed E-state index contributed by atoms with van der Waals surface area (Å²) >= 11 is 3.50. The molecule has 0 amide bonds. The molecular weight excluding hydrogens is 254 g/mol. The molecule has 0 aliphatic heterocycles. The molecule has 2 rings (SSSR count). The van der Waals surface area contributed by atoms with Crippen LogP contribution in [0.15, 0.2) is 22.7 Å². The summed E-state index contributed by atoms with van der Waals surface area (Å²) in [5.41, 5.74) is 7.67. The number of rotatable bonds is 3. The summed E-state index contributed by atoms with van der Waals surface area (Å²) in [5.74, 6) is 0. The predicted octanol–water partition coefficient (Wildman–Crippen LogP) is 3.49. The van der Waals surface area contributed by atoms with Crippen LogP contribution in [-0.4, -0.2) is 6.10 Å². The highest BCUT2D eigenvalue weighted by Gasteiger charge is 2.15. The standard InChI is InChI=1S/C12H16BrNO/c13-12-6-5-10(14)7-9(12)8-15-11-3-1-2-4-11/h5-7,11H,1-4,8,14H2. The Labute approximate surface area is 98.9 Å². The number of benzene rings is 1. The summed E-state index contributed by atoms with van der Waals surface area (Å²) < 4.78 is 6.92. The minimum Gasteiger partial charge on any atom is -0.399 e. The van der Waals surface area contributed by atoms with E-state index in [1.54, 1.807) is 0 Å². The van der Waals surface area contributed by atoms with E-state index in [-0.39, 0.29) is 0 Å². The van der Waals surface area contributed by atoms with E-state index in [4.69, 9.17) is 10.5 Å². The molecule has 2 N–H and O–H groups in total. The highest BCUT2D eigenvalue weighted by atomic mass is 79.9. The van der Waals surface area contributed by atoms with Gasteiger partial charge in [0.2, 0.25) is 0 Å². The van der Waals surface area contributed by atoms with Crippen molar-refractivity contribution in [2.24, 2.45) is 0 Å². The van der Waals surface area contributed by atoms with Crippen molar-refractivity contribution < 1.29 is 4.74 Å². The van der Waals surface area contributed by atoms with Gasteiger partial charge in [-0.1, -0.05) is 28.8 Å². The Balaban J connectivity index is 1.94. The molecule has 0 heterocycles. The van der Waals surface area contributed by atoms with Gasteiger partial charge < -0.3 is 10.5 Å². The first-order valence-electron chi connectivity index (χ1n) is 5.41. The first kappa shape index (κ1) is 11.0. The third-order valence-corrected chi connectivity index (χ3v) is 3.62.